The normalized spacial score (nSPS) is 11.0. The van der Waals surface area contributed by atoms with E-state index in [1.54, 1.807) is 7.11 Å². The molecule has 0 aromatic carbocycles. The van der Waals surface area contributed by atoms with Crippen molar-refractivity contribution in [3.63, 3.8) is 0 Å². The highest BCUT2D eigenvalue weighted by molar-refractivity contribution is 14.1. The van der Waals surface area contributed by atoms with E-state index in [-0.39, 0.29) is 0 Å². The second-order valence-corrected chi connectivity index (χ2v) is 5.87. The van der Waals surface area contributed by atoms with Crippen LogP contribution in [0.3, 0.4) is 0 Å². The van der Waals surface area contributed by atoms with Gasteiger partial charge in [0.05, 0.1) is 27.1 Å². The molecule has 2 aromatic rings. The van der Waals surface area contributed by atoms with E-state index in [1.165, 1.54) is 0 Å². The first kappa shape index (κ1) is 16.2. The van der Waals surface area contributed by atoms with Gasteiger partial charge in [-0.2, -0.15) is 5.10 Å². The predicted molar refractivity (Wildman–Crippen MR) is 91.3 cm³/mol. The number of ether oxygens (including phenoxy) is 1. The minimum Gasteiger partial charge on any atom is -0.378 e. The fourth-order valence-corrected chi connectivity index (χ4v) is 2.81. The van der Waals surface area contributed by atoms with Crippen LogP contribution in [0.4, 0.5) is 5.82 Å². The molecule has 2 aromatic heterocycles. The Hall–Kier alpha value is -1.22. The highest BCUT2D eigenvalue weighted by Crippen LogP contribution is 2.28. The third-order valence-electron chi connectivity index (χ3n) is 3.28. The summed E-state index contributed by atoms with van der Waals surface area (Å²) in [5, 5.41) is 7.73. The van der Waals surface area contributed by atoms with Crippen molar-refractivity contribution in [1.29, 1.82) is 0 Å². The molecule has 0 aliphatic carbocycles. The molecule has 0 aliphatic rings. The monoisotopic (exact) mass is 401 g/mol. The SMILES string of the molecule is CCNc1nc(-c2c(C)nn(C)c2C)nc(COC)c1I. The summed E-state index contributed by atoms with van der Waals surface area (Å²) in [6, 6.07) is 0. The zero-order valence-corrected chi connectivity index (χ0v) is 15.1. The van der Waals surface area contributed by atoms with Crippen molar-refractivity contribution in [2.75, 3.05) is 19.0 Å². The Kier molecular flexibility index (Phi) is 5.15. The van der Waals surface area contributed by atoms with Crippen LogP contribution in [0.15, 0.2) is 0 Å². The molecular formula is C14H20IN5O. The molecule has 0 fully saturated rings. The molecule has 0 aliphatic heterocycles. The number of rotatable bonds is 5. The van der Waals surface area contributed by atoms with Gasteiger partial charge in [0.2, 0.25) is 0 Å². The average molecular weight is 401 g/mol. The molecule has 0 radical (unpaired) electrons. The summed E-state index contributed by atoms with van der Waals surface area (Å²) in [6.07, 6.45) is 0. The zero-order chi connectivity index (χ0) is 15.6. The number of halogens is 1. The van der Waals surface area contributed by atoms with Crippen LogP contribution in [0.1, 0.15) is 24.0 Å². The molecule has 7 heteroatoms. The highest BCUT2D eigenvalue weighted by Gasteiger charge is 2.18. The van der Waals surface area contributed by atoms with Crippen molar-refractivity contribution in [1.82, 2.24) is 19.7 Å². The maximum atomic E-state index is 5.25. The fraction of sp³-hybridized carbons (Fsp3) is 0.500. The minimum atomic E-state index is 0.463. The summed E-state index contributed by atoms with van der Waals surface area (Å²) in [4.78, 5) is 9.34. The van der Waals surface area contributed by atoms with Crippen LogP contribution in [0.25, 0.3) is 11.4 Å². The second-order valence-electron chi connectivity index (χ2n) is 4.79. The van der Waals surface area contributed by atoms with E-state index >= 15 is 0 Å². The topological polar surface area (TPSA) is 64.9 Å². The van der Waals surface area contributed by atoms with Gasteiger partial charge in [0, 0.05) is 26.4 Å². The molecule has 1 N–H and O–H groups in total. The van der Waals surface area contributed by atoms with Gasteiger partial charge in [-0.25, -0.2) is 9.97 Å². The van der Waals surface area contributed by atoms with Crippen LogP contribution in [-0.4, -0.2) is 33.4 Å². The third-order valence-corrected chi connectivity index (χ3v) is 4.41. The number of hydrogen-bond donors (Lipinski definition) is 1. The summed E-state index contributed by atoms with van der Waals surface area (Å²) >= 11 is 2.26. The Balaban J connectivity index is 2.62. The first-order chi connectivity index (χ1) is 9.99. The molecule has 0 atom stereocenters. The summed E-state index contributed by atoms with van der Waals surface area (Å²) in [7, 11) is 3.60. The van der Waals surface area contributed by atoms with E-state index in [4.69, 9.17) is 4.74 Å². The van der Waals surface area contributed by atoms with Gasteiger partial charge < -0.3 is 10.1 Å². The second kappa shape index (κ2) is 6.69. The van der Waals surface area contributed by atoms with Gasteiger partial charge in [0.25, 0.3) is 0 Å². The number of nitrogens with zero attached hydrogens (tertiary/aromatic N) is 4. The maximum absolute atomic E-state index is 5.25. The van der Waals surface area contributed by atoms with Crippen molar-refractivity contribution in [3.05, 3.63) is 20.7 Å². The van der Waals surface area contributed by atoms with Crippen molar-refractivity contribution in [3.8, 4) is 11.4 Å². The third kappa shape index (κ3) is 3.18. The van der Waals surface area contributed by atoms with Gasteiger partial charge in [-0.15, -0.1) is 0 Å². The number of aromatic nitrogens is 4. The number of nitrogens with one attached hydrogen (secondary N) is 1. The lowest BCUT2D eigenvalue weighted by atomic mass is 10.2. The van der Waals surface area contributed by atoms with Crippen molar-refractivity contribution >= 4 is 28.4 Å². The van der Waals surface area contributed by atoms with Crippen molar-refractivity contribution in [2.24, 2.45) is 7.05 Å². The lowest BCUT2D eigenvalue weighted by Gasteiger charge is -2.12. The van der Waals surface area contributed by atoms with E-state index in [0.29, 0.717) is 12.4 Å². The van der Waals surface area contributed by atoms with Crippen LogP contribution in [0.2, 0.25) is 0 Å². The molecule has 0 saturated carbocycles. The molecular weight excluding hydrogens is 381 g/mol. The van der Waals surface area contributed by atoms with Crippen LogP contribution in [-0.2, 0) is 18.4 Å². The standard InChI is InChI=1S/C14H20IN5O/c1-6-16-14-12(15)10(7-21-5)17-13(18-14)11-8(2)19-20(4)9(11)3/h6-7H2,1-5H3,(H,16,17,18). The zero-order valence-electron chi connectivity index (χ0n) is 13.0. The molecule has 2 rings (SSSR count). The van der Waals surface area contributed by atoms with E-state index in [1.807, 2.05) is 25.6 Å². The fourth-order valence-electron chi connectivity index (χ4n) is 2.22. The molecule has 21 heavy (non-hydrogen) atoms. The Labute approximate surface area is 138 Å². The van der Waals surface area contributed by atoms with Gasteiger partial charge in [-0.3, -0.25) is 4.68 Å². The van der Waals surface area contributed by atoms with Gasteiger partial charge >= 0.3 is 0 Å². The molecule has 0 bridgehead atoms. The Morgan fingerprint density at radius 1 is 1.29 bits per heavy atom. The molecule has 0 saturated heterocycles. The van der Waals surface area contributed by atoms with Crippen LogP contribution < -0.4 is 5.32 Å². The Bertz CT molecular complexity index is 626. The lowest BCUT2D eigenvalue weighted by Crippen LogP contribution is -2.09. The van der Waals surface area contributed by atoms with E-state index in [2.05, 4.69) is 49.9 Å². The van der Waals surface area contributed by atoms with E-state index in [9.17, 15) is 0 Å². The van der Waals surface area contributed by atoms with Gasteiger partial charge in [-0.1, -0.05) is 0 Å². The van der Waals surface area contributed by atoms with Crippen LogP contribution in [0.5, 0.6) is 0 Å². The van der Waals surface area contributed by atoms with E-state index in [0.717, 1.165) is 38.6 Å². The highest BCUT2D eigenvalue weighted by atomic mass is 127. The average Bonchev–Trinajstić information content (AvgIpc) is 2.68. The number of aryl methyl sites for hydroxylation is 2. The summed E-state index contributed by atoms with van der Waals surface area (Å²) < 4.78 is 8.11. The summed E-state index contributed by atoms with van der Waals surface area (Å²) in [5.41, 5.74) is 3.87. The Morgan fingerprint density at radius 3 is 2.52 bits per heavy atom. The number of anilines is 1. The minimum absolute atomic E-state index is 0.463. The molecule has 0 spiro atoms. The van der Waals surface area contributed by atoms with Gasteiger partial charge in [0.1, 0.15) is 5.82 Å². The lowest BCUT2D eigenvalue weighted by molar-refractivity contribution is 0.181. The molecule has 0 amide bonds. The van der Waals surface area contributed by atoms with Gasteiger partial charge in [0.15, 0.2) is 5.82 Å². The predicted octanol–water partition coefficient (Wildman–Crippen LogP) is 2.68. The molecule has 114 valence electrons. The van der Waals surface area contributed by atoms with Crippen molar-refractivity contribution < 1.29 is 4.74 Å². The largest absolute Gasteiger partial charge is 0.378 e. The summed E-state index contributed by atoms with van der Waals surface area (Å²) in [5.74, 6) is 1.54. The van der Waals surface area contributed by atoms with E-state index < -0.39 is 0 Å². The van der Waals surface area contributed by atoms with Crippen LogP contribution >= 0.6 is 22.6 Å². The molecule has 0 unspecified atom stereocenters. The van der Waals surface area contributed by atoms with Crippen molar-refractivity contribution in [2.45, 2.75) is 27.4 Å². The first-order valence-electron chi connectivity index (χ1n) is 6.79. The smallest absolute Gasteiger partial charge is 0.165 e. The number of methoxy groups -OCH3 is 1. The summed E-state index contributed by atoms with van der Waals surface area (Å²) in [6.45, 7) is 7.33. The Morgan fingerprint density at radius 2 is 2.00 bits per heavy atom. The van der Waals surface area contributed by atoms with Gasteiger partial charge in [-0.05, 0) is 43.4 Å². The first-order valence-corrected chi connectivity index (χ1v) is 7.87. The molecule has 2 heterocycles. The number of hydrogen-bond acceptors (Lipinski definition) is 5. The molecule has 6 nitrogen and oxygen atoms in total. The maximum Gasteiger partial charge on any atom is 0.165 e. The quantitative estimate of drug-likeness (QED) is 0.781. The van der Waals surface area contributed by atoms with Crippen LogP contribution in [0, 0.1) is 17.4 Å².